The van der Waals surface area contributed by atoms with Crippen LogP contribution in [-0.2, 0) is 25.9 Å². The molecule has 22 heavy (non-hydrogen) atoms. The highest BCUT2D eigenvalue weighted by molar-refractivity contribution is 5.39. The Morgan fingerprint density at radius 1 is 1.36 bits per heavy atom. The lowest BCUT2D eigenvalue weighted by Gasteiger charge is -2.28. The minimum Gasteiger partial charge on any atom is -0.493 e. The predicted molar refractivity (Wildman–Crippen MR) is 86.0 cm³/mol. The summed E-state index contributed by atoms with van der Waals surface area (Å²) >= 11 is 0. The maximum atomic E-state index is 5.58. The van der Waals surface area contributed by atoms with Gasteiger partial charge in [-0.25, -0.2) is 4.98 Å². The molecule has 2 aliphatic rings. The van der Waals surface area contributed by atoms with E-state index in [1.807, 2.05) is 6.20 Å². The van der Waals surface area contributed by atoms with Crippen molar-refractivity contribution >= 4 is 0 Å². The van der Waals surface area contributed by atoms with Crippen LogP contribution in [0.5, 0.6) is 5.75 Å². The Bertz CT molecular complexity index is 664. The first-order chi connectivity index (χ1) is 10.8. The predicted octanol–water partition coefficient (Wildman–Crippen LogP) is 2.51. The number of hydrogen-bond donors (Lipinski definition) is 0. The standard InChI is InChI=1S/C18H23N3O/c1-20(11-14-2-4-17-16(10-14)6-9-22-17)12-15-3-5-18-19-7-8-21(18)13-15/h2,4,7-8,10,15H,3,5-6,9,11-13H2,1H3. The first-order valence-corrected chi connectivity index (χ1v) is 8.21. The second kappa shape index (κ2) is 5.76. The summed E-state index contributed by atoms with van der Waals surface area (Å²) in [4.78, 5) is 6.86. The second-order valence-electron chi connectivity index (χ2n) is 6.64. The summed E-state index contributed by atoms with van der Waals surface area (Å²) in [6.07, 6.45) is 7.45. The van der Waals surface area contributed by atoms with Gasteiger partial charge in [-0.05, 0) is 36.6 Å². The van der Waals surface area contributed by atoms with Crippen molar-refractivity contribution in [2.75, 3.05) is 20.2 Å². The van der Waals surface area contributed by atoms with E-state index >= 15 is 0 Å². The average Bonchev–Trinajstić information content (AvgIpc) is 3.14. The molecule has 2 aliphatic heterocycles. The first-order valence-electron chi connectivity index (χ1n) is 8.21. The lowest BCUT2D eigenvalue weighted by atomic mass is 9.98. The molecule has 0 saturated carbocycles. The van der Waals surface area contributed by atoms with Gasteiger partial charge in [-0.15, -0.1) is 0 Å². The van der Waals surface area contributed by atoms with Crippen LogP contribution in [0.3, 0.4) is 0 Å². The number of nitrogens with zero attached hydrogens (tertiary/aromatic N) is 3. The van der Waals surface area contributed by atoms with Crippen LogP contribution in [0.1, 0.15) is 23.4 Å². The number of hydrogen-bond acceptors (Lipinski definition) is 3. The number of fused-ring (bicyclic) bond motifs is 2. The van der Waals surface area contributed by atoms with Crippen LogP contribution in [0.25, 0.3) is 0 Å². The first kappa shape index (κ1) is 13.8. The number of benzene rings is 1. The molecule has 0 fully saturated rings. The molecule has 0 bridgehead atoms. The van der Waals surface area contributed by atoms with Gasteiger partial charge in [-0.1, -0.05) is 12.1 Å². The Balaban J connectivity index is 1.36. The van der Waals surface area contributed by atoms with E-state index in [0.717, 1.165) is 50.8 Å². The van der Waals surface area contributed by atoms with E-state index in [1.165, 1.54) is 23.4 Å². The van der Waals surface area contributed by atoms with Crippen molar-refractivity contribution in [3.05, 3.63) is 47.5 Å². The third-order valence-corrected chi connectivity index (χ3v) is 4.81. The SMILES string of the molecule is CN(Cc1ccc2c(c1)CCO2)CC1CCc2nccn2C1. The average molecular weight is 297 g/mol. The van der Waals surface area contributed by atoms with Crippen molar-refractivity contribution in [2.24, 2.45) is 5.92 Å². The van der Waals surface area contributed by atoms with Crippen molar-refractivity contribution < 1.29 is 4.74 Å². The molecule has 4 nitrogen and oxygen atoms in total. The number of aromatic nitrogens is 2. The monoisotopic (exact) mass is 297 g/mol. The third kappa shape index (κ3) is 2.75. The lowest BCUT2D eigenvalue weighted by molar-refractivity contribution is 0.229. The van der Waals surface area contributed by atoms with Crippen LogP contribution in [0.4, 0.5) is 0 Å². The van der Waals surface area contributed by atoms with Gasteiger partial charge in [-0.2, -0.15) is 0 Å². The normalized spacial score (nSPS) is 19.8. The van der Waals surface area contributed by atoms with E-state index in [1.54, 1.807) is 0 Å². The van der Waals surface area contributed by atoms with Crippen LogP contribution >= 0.6 is 0 Å². The molecule has 0 amide bonds. The van der Waals surface area contributed by atoms with Gasteiger partial charge in [0.05, 0.1) is 6.61 Å². The summed E-state index contributed by atoms with van der Waals surface area (Å²) in [5.74, 6) is 3.05. The van der Waals surface area contributed by atoms with E-state index in [4.69, 9.17) is 4.74 Å². The number of aryl methyl sites for hydroxylation is 1. The fraction of sp³-hybridized carbons (Fsp3) is 0.500. The molecule has 1 unspecified atom stereocenters. The van der Waals surface area contributed by atoms with Crippen LogP contribution < -0.4 is 4.74 Å². The van der Waals surface area contributed by atoms with E-state index < -0.39 is 0 Å². The molecule has 4 heteroatoms. The van der Waals surface area contributed by atoms with Crippen molar-refractivity contribution in [3.63, 3.8) is 0 Å². The van der Waals surface area contributed by atoms with E-state index in [0.29, 0.717) is 0 Å². The highest BCUT2D eigenvalue weighted by Gasteiger charge is 2.20. The van der Waals surface area contributed by atoms with Gasteiger partial charge in [0.15, 0.2) is 0 Å². The van der Waals surface area contributed by atoms with E-state index in [9.17, 15) is 0 Å². The topological polar surface area (TPSA) is 30.3 Å². The van der Waals surface area contributed by atoms with Crippen molar-refractivity contribution in [3.8, 4) is 5.75 Å². The highest BCUT2D eigenvalue weighted by atomic mass is 16.5. The van der Waals surface area contributed by atoms with Gasteiger partial charge in [0.1, 0.15) is 11.6 Å². The van der Waals surface area contributed by atoms with Gasteiger partial charge in [0.2, 0.25) is 0 Å². The van der Waals surface area contributed by atoms with Crippen molar-refractivity contribution in [2.45, 2.75) is 32.4 Å². The molecular formula is C18H23N3O. The number of rotatable bonds is 4. The molecular weight excluding hydrogens is 274 g/mol. The molecule has 0 N–H and O–H groups in total. The van der Waals surface area contributed by atoms with Gasteiger partial charge in [-0.3, -0.25) is 0 Å². The summed E-state index contributed by atoms with van der Waals surface area (Å²) in [6.45, 7) is 4.10. The summed E-state index contributed by atoms with van der Waals surface area (Å²) in [7, 11) is 2.23. The smallest absolute Gasteiger partial charge is 0.122 e. The molecule has 0 spiro atoms. The van der Waals surface area contributed by atoms with Crippen LogP contribution in [0.2, 0.25) is 0 Å². The number of imidazole rings is 1. The molecule has 4 rings (SSSR count). The fourth-order valence-corrected chi connectivity index (χ4v) is 3.74. The quantitative estimate of drug-likeness (QED) is 0.868. The van der Waals surface area contributed by atoms with Crippen LogP contribution in [0.15, 0.2) is 30.6 Å². The summed E-state index contributed by atoms with van der Waals surface area (Å²) < 4.78 is 7.90. The lowest BCUT2D eigenvalue weighted by Crippen LogP contribution is -2.31. The molecule has 1 aromatic heterocycles. The van der Waals surface area contributed by atoms with Gasteiger partial charge >= 0.3 is 0 Å². The molecule has 2 aromatic rings. The van der Waals surface area contributed by atoms with Crippen LogP contribution in [0, 0.1) is 5.92 Å². The Morgan fingerprint density at radius 2 is 2.32 bits per heavy atom. The van der Waals surface area contributed by atoms with Crippen molar-refractivity contribution in [1.29, 1.82) is 0 Å². The number of ether oxygens (including phenoxy) is 1. The van der Waals surface area contributed by atoms with E-state index in [-0.39, 0.29) is 0 Å². The minimum absolute atomic E-state index is 0.726. The molecule has 3 heterocycles. The highest BCUT2D eigenvalue weighted by Crippen LogP contribution is 2.26. The maximum absolute atomic E-state index is 5.58. The molecule has 0 radical (unpaired) electrons. The molecule has 1 aromatic carbocycles. The Labute approximate surface area is 131 Å². The third-order valence-electron chi connectivity index (χ3n) is 4.81. The van der Waals surface area contributed by atoms with E-state index in [2.05, 4.69) is 45.9 Å². The zero-order valence-electron chi connectivity index (χ0n) is 13.2. The Hall–Kier alpha value is -1.81. The Kier molecular flexibility index (Phi) is 3.62. The fourth-order valence-electron chi connectivity index (χ4n) is 3.74. The largest absolute Gasteiger partial charge is 0.493 e. The zero-order chi connectivity index (χ0) is 14.9. The van der Waals surface area contributed by atoms with Crippen molar-refractivity contribution in [1.82, 2.24) is 14.5 Å². The van der Waals surface area contributed by atoms with Gasteiger partial charge < -0.3 is 14.2 Å². The summed E-state index contributed by atoms with van der Waals surface area (Å²) in [6, 6.07) is 6.65. The van der Waals surface area contributed by atoms with Gasteiger partial charge in [0, 0.05) is 44.9 Å². The maximum Gasteiger partial charge on any atom is 0.122 e. The molecule has 0 saturated heterocycles. The Morgan fingerprint density at radius 3 is 3.27 bits per heavy atom. The zero-order valence-corrected chi connectivity index (χ0v) is 13.2. The molecule has 116 valence electrons. The molecule has 1 atom stereocenters. The van der Waals surface area contributed by atoms with Crippen LogP contribution in [-0.4, -0.2) is 34.7 Å². The molecule has 0 aliphatic carbocycles. The second-order valence-corrected chi connectivity index (χ2v) is 6.64. The minimum atomic E-state index is 0.726. The summed E-state index contributed by atoms with van der Waals surface area (Å²) in [5.41, 5.74) is 2.76. The summed E-state index contributed by atoms with van der Waals surface area (Å²) in [5, 5.41) is 0. The van der Waals surface area contributed by atoms with Gasteiger partial charge in [0.25, 0.3) is 0 Å².